The van der Waals surface area contributed by atoms with Gasteiger partial charge in [-0.2, -0.15) is 5.10 Å². The molecule has 0 N–H and O–H groups in total. The molecule has 1 fully saturated rings. The van der Waals surface area contributed by atoms with Crippen LogP contribution in [0.25, 0.3) is 0 Å². The summed E-state index contributed by atoms with van der Waals surface area (Å²) < 4.78 is 21.4. The molecule has 0 unspecified atom stereocenters. The SMILES string of the molecule is CCOC(=O)C1CCN(CC(=O)N2N=C(c3ccc(OC)cc3OC)C[C@@H]2c2ccc(OC)cc2)CC1. The Morgan fingerprint density at radius 2 is 1.62 bits per heavy atom. The first-order chi connectivity index (χ1) is 18.0. The number of likely N-dealkylation sites (tertiary alicyclic amines) is 1. The number of hydrogen-bond acceptors (Lipinski definition) is 8. The summed E-state index contributed by atoms with van der Waals surface area (Å²) in [6, 6.07) is 13.1. The van der Waals surface area contributed by atoms with E-state index in [1.165, 1.54) is 0 Å². The van der Waals surface area contributed by atoms with Gasteiger partial charge < -0.3 is 18.9 Å². The van der Waals surface area contributed by atoms with Crippen LogP contribution in [0.4, 0.5) is 0 Å². The third kappa shape index (κ3) is 6.05. The van der Waals surface area contributed by atoms with E-state index in [1.54, 1.807) is 26.3 Å². The minimum atomic E-state index is -0.253. The number of ether oxygens (including phenoxy) is 4. The quantitative estimate of drug-likeness (QED) is 0.477. The molecule has 1 atom stereocenters. The molecule has 2 aliphatic rings. The van der Waals surface area contributed by atoms with Crippen LogP contribution in [-0.4, -0.2) is 75.1 Å². The van der Waals surface area contributed by atoms with Crippen LogP contribution in [0.3, 0.4) is 0 Å². The first-order valence-electron chi connectivity index (χ1n) is 12.6. The molecule has 9 heteroatoms. The second kappa shape index (κ2) is 12.1. The van der Waals surface area contributed by atoms with Crippen LogP contribution in [0, 0.1) is 5.92 Å². The first-order valence-corrected chi connectivity index (χ1v) is 12.6. The van der Waals surface area contributed by atoms with E-state index in [-0.39, 0.29) is 30.4 Å². The number of rotatable bonds is 9. The Labute approximate surface area is 217 Å². The van der Waals surface area contributed by atoms with Crippen molar-refractivity contribution < 1.29 is 28.5 Å². The number of piperidine rings is 1. The molecule has 0 aliphatic carbocycles. The van der Waals surface area contributed by atoms with E-state index in [4.69, 9.17) is 24.0 Å². The van der Waals surface area contributed by atoms with E-state index in [9.17, 15) is 9.59 Å². The molecule has 0 aromatic heterocycles. The van der Waals surface area contributed by atoms with Crippen molar-refractivity contribution in [2.45, 2.75) is 32.2 Å². The lowest BCUT2D eigenvalue weighted by Gasteiger charge is -2.32. The number of nitrogens with zero attached hydrogens (tertiary/aromatic N) is 3. The highest BCUT2D eigenvalue weighted by Crippen LogP contribution is 2.37. The topological polar surface area (TPSA) is 89.9 Å². The Bertz CT molecular complexity index is 1130. The molecule has 2 aliphatic heterocycles. The largest absolute Gasteiger partial charge is 0.497 e. The van der Waals surface area contributed by atoms with Gasteiger partial charge in [-0.3, -0.25) is 14.5 Å². The van der Waals surface area contributed by atoms with Gasteiger partial charge in [-0.15, -0.1) is 0 Å². The van der Waals surface area contributed by atoms with Gasteiger partial charge in [0, 0.05) is 18.1 Å². The molecular weight excluding hydrogens is 474 g/mol. The Hall–Kier alpha value is -3.59. The molecule has 1 amide bonds. The molecule has 1 saturated heterocycles. The first kappa shape index (κ1) is 26.5. The minimum absolute atomic E-state index is 0.0853. The summed E-state index contributed by atoms with van der Waals surface area (Å²) in [6.07, 6.45) is 1.92. The molecule has 0 bridgehead atoms. The van der Waals surface area contributed by atoms with E-state index < -0.39 is 0 Å². The van der Waals surface area contributed by atoms with Crippen LogP contribution in [-0.2, 0) is 14.3 Å². The lowest BCUT2D eigenvalue weighted by atomic mass is 9.96. The molecule has 4 rings (SSSR count). The van der Waals surface area contributed by atoms with Gasteiger partial charge in [-0.05, 0) is 62.7 Å². The third-order valence-corrected chi connectivity index (χ3v) is 6.95. The summed E-state index contributed by atoms with van der Waals surface area (Å²) >= 11 is 0. The summed E-state index contributed by atoms with van der Waals surface area (Å²) in [5.74, 6) is 1.75. The van der Waals surface area contributed by atoms with Crippen molar-refractivity contribution in [2.75, 3.05) is 47.6 Å². The van der Waals surface area contributed by atoms with Crippen molar-refractivity contribution in [3.8, 4) is 17.2 Å². The highest BCUT2D eigenvalue weighted by atomic mass is 16.5. The Morgan fingerprint density at radius 1 is 0.946 bits per heavy atom. The number of carbonyl (C=O) groups is 2. The van der Waals surface area contributed by atoms with Gasteiger partial charge in [0.05, 0.1) is 52.2 Å². The van der Waals surface area contributed by atoms with Gasteiger partial charge in [0.1, 0.15) is 17.2 Å². The average Bonchev–Trinajstić information content (AvgIpc) is 3.38. The maximum Gasteiger partial charge on any atom is 0.309 e. The normalized spacial score (nSPS) is 18.3. The molecule has 0 spiro atoms. The average molecular weight is 510 g/mol. The molecule has 198 valence electrons. The summed E-state index contributed by atoms with van der Waals surface area (Å²) in [7, 11) is 4.84. The van der Waals surface area contributed by atoms with Crippen LogP contribution in [0.15, 0.2) is 47.6 Å². The van der Waals surface area contributed by atoms with E-state index in [0.717, 1.165) is 22.6 Å². The molecule has 0 saturated carbocycles. The zero-order chi connectivity index (χ0) is 26.4. The fourth-order valence-corrected chi connectivity index (χ4v) is 4.88. The lowest BCUT2D eigenvalue weighted by Crippen LogP contribution is -2.43. The Kier molecular flexibility index (Phi) is 8.66. The maximum absolute atomic E-state index is 13.6. The van der Waals surface area contributed by atoms with Crippen molar-refractivity contribution in [3.05, 3.63) is 53.6 Å². The predicted octanol–water partition coefficient (Wildman–Crippen LogP) is 3.67. The number of esters is 1. The molecule has 9 nitrogen and oxygen atoms in total. The number of amides is 1. The van der Waals surface area contributed by atoms with E-state index in [0.29, 0.717) is 50.5 Å². The molecule has 0 radical (unpaired) electrons. The van der Waals surface area contributed by atoms with E-state index in [2.05, 4.69) is 4.90 Å². The highest BCUT2D eigenvalue weighted by molar-refractivity contribution is 6.05. The second-order valence-corrected chi connectivity index (χ2v) is 9.15. The van der Waals surface area contributed by atoms with Crippen LogP contribution < -0.4 is 14.2 Å². The number of carbonyl (C=O) groups excluding carboxylic acids is 2. The van der Waals surface area contributed by atoms with Gasteiger partial charge in [-0.1, -0.05) is 12.1 Å². The Morgan fingerprint density at radius 3 is 2.24 bits per heavy atom. The molecule has 2 aromatic carbocycles. The fourth-order valence-electron chi connectivity index (χ4n) is 4.88. The zero-order valence-electron chi connectivity index (χ0n) is 21.9. The Balaban J connectivity index is 1.54. The van der Waals surface area contributed by atoms with Crippen molar-refractivity contribution >= 4 is 17.6 Å². The number of hydrogen-bond donors (Lipinski definition) is 0. The van der Waals surface area contributed by atoms with Gasteiger partial charge in [-0.25, -0.2) is 5.01 Å². The summed E-state index contributed by atoms with van der Waals surface area (Å²) in [4.78, 5) is 27.8. The maximum atomic E-state index is 13.6. The van der Waals surface area contributed by atoms with Crippen molar-refractivity contribution in [1.29, 1.82) is 0 Å². The predicted molar refractivity (Wildman–Crippen MR) is 139 cm³/mol. The standard InChI is InChI=1S/C28H35N3O6/c1-5-37-28(33)20-12-14-30(15-13-20)18-27(32)31-25(19-6-8-21(34-2)9-7-19)17-24(29-31)23-11-10-22(35-3)16-26(23)36-4/h6-11,16,20,25H,5,12-15,17-18H2,1-4H3/t25-/m1/s1. The molecule has 2 heterocycles. The van der Waals surface area contributed by atoms with Crippen LogP contribution in [0.5, 0.6) is 17.2 Å². The zero-order valence-corrected chi connectivity index (χ0v) is 21.9. The highest BCUT2D eigenvalue weighted by Gasteiger charge is 2.35. The van der Waals surface area contributed by atoms with Gasteiger partial charge in [0.2, 0.25) is 0 Å². The van der Waals surface area contributed by atoms with E-state index >= 15 is 0 Å². The fraction of sp³-hybridized carbons (Fsp3) is 0.464. The summed E-state index contributed by atoms with van der Waals surface area (Å²) in [5.41, 5.74) is 2.57. The number of hydrazone groups is 1. The molecule has 37 heavy (non-hydrogen) atoms. The van der Waals surface area contributed by atoms with Crippen molar-refractivity contribution in [2.24, 2.45) is 11.0 Å². The molecular formula is C28H35N3O6. The number of methoxy groups -OCH3 is 3. The van der Waals surface area contributed by atoms with Crippen molar-refractivity contribution in [1.82, 2.24) is 9.91 Å². The van der Waals surface area contributed by atoms with Gasteiger partial charge >= 0.3 is 5.97 Å². The monoisotopic (exact) mass is 509 g/mol. The summed E-state index contributed by atoms with van der Waals surface area (Å²) in [6.45, 7) is 3.77. The molecule has 2 aromatic rings. The second-order valence-electron chi connectivity index (χ2n) is 9.15. The third-order valence-electron chi connectivity index (χ3n) is 6.95. The minimum Gasteiger partial charge on any atom is -0.497 e. The van der Waals surface area contributed by atoms with Crippen LogP contribution in [0.1, 0.15) is 43.4 Å². The lowest BCUT2D eigenvalue weighted by molar-refractivity contribution is -0.149. The smallest absolute Gasteiger partial charge is 0.309 e. The van der Waals surface area contributed by atoms with Crippen molar-refractivity contribution in [3.63, 3.8) is 0 Å². The van der Waals surface area contributed by atoms with E-state index in [1.807, 2.05) is 49.4 Å². The van der Waals surface area contributed by atoms with Crippen LogP contribution >= 0.6 is 0 Å². The summed E-state index contributed by atoms with van der Waals surface area (Å²) in [5, 5.41) is 6.40. The van der Waals surface area contributed by atoms with Gasteiger partial charge in [0.25, 0.3) is 5.91 Å². The van der Waals surface area contributed by atoms with Gasteiger partial charge in [0.15, 0.2) is 0 Å². The number of benzene rings is 2. The van der Waals surface area contributed by atoms with Crippen LogP contribution in [0.2, 0.25) is 0 Å².